The first-order valence-electron chi connectivity index (χ1n) is 6.44. The van der Waals surface area contributed by atoms with Crippen LogP contribution in [0.2, 0.25) is 0 Å². The van der Waals surface area contributed by atoms with Crippen LogP contribution in [0, 0.1) is 5.82 Å². The SMILES string of the molecule is CN(CCCC(=O)O)C(=O)NCCc1cccc(F)c1. The van der Waals surface area contributed by atoms with Crippen LogP contribution in [0.25, 0.3) is 0 Å². The second kappa shape index (κ2) is 8.14. The van der Waals surface area contributed by atoms with Gasteiger partial charge in [0.05, 0.1) is 0 Å². The molecule has 2 amide bonds. The van der Waals surface area contributed by atoms with Gasteiger partial charge in [-0.1, -0.05) is 12.1 Å². The van der Waals surface area contributed by atoms with Crippen molar-refractivity contribution in [2.24, 2.45) is 0 Å². The summed E-state index contributed by atoms with van der Waals surface area (Å²) in [7, 11) is 1.61. The van der Waals surface area contributed by atoms with Crippen molar-refractivity contribution in [2.45, 2.75) is 19.3 Å². The van der Waals surface area contributed by atoms with E-state index in [1.165, 1.54) is 17.0 Å². The van der Waals surface area contributed by atoms with E-state index < -0.39 is 5.97 Å². The Morgan fingerprint density at radius 2 is 2.15 bits per heavy atom. The van der Waals surface area contributed by atoms with Crippen molar-refractivity contribution >= 4 is 12.0 Å². The first kappa shape index (κ1) is 15.9. The smallest absolute Gasteiger partial charge is 0.317 e. The number of amides is 2. The van der Waals surface area contributed by atoms with Crippen molar-refractivity contribution in [1.29, 1.82) is 0 Å². The molecule has 6 heteroatoms. The van der Waals surface area contributed by atoms with E-state index in [2.05, 4.69) is 5.32 Å². The molecule has 0 aliphatic carbocycles. The second-order valence-electron chi connectivity index (χ2n) is 4.53. The number of carbonyl (C=O) groups is 2. The molecule has 0 aromatic heterocycles. The van der Waals surface area contributed by atoms with Gasteiger partial charge in [-0.15, -0.1) is 0 Å². The number of nitrogens with zero attached hydrogens (tertiary/aromatic N) is 1. The van der Waals surface area contributed by atoms with Gasteiger partial charge < -0.3 is 15.3 Å². The molecular weight excluding hydrogens is 263 g/mol. The Hall–Kier alpha value is -2.11. The Morgan fingerprint density at radius 3 is 2.80 bits per heavy atom. The molecule has 0 bridgehead atoms. The maximum atomic E-state index is 12.9. The number of carbonyl (C=O) groups excluding carboxylic acids is 1. The molecule has 0 fully saturated rings. The van der Waals surface area contributed by atoms with Crippen molar-refractivity contribution in [1.82, 2.24) is 10.2 Å². The van der Waals surface area contributed by atoms with E-state index in [9.17, 15) is 14.0 Å². The van der Waals surface area contributed by atoms with Crippen LogP contribution in [0.15, 0.2) is 24.3 Å². The van der Waals surface area contributed by atoms with E-state index in [0.29, 0.717) is 25.9 Å². The molecule has 110 valence electrons. The molecule has 5 nitrogen and oxygen atoms in total. The third kappa shape index (κ3) is 6.17. The van der Waals surface area contributed by atoms with Crippen molar-refractivity contribution in [3.8, 4) is 0 Å². The van der Waals surface area contributed by atoms with Crippen LogP contribution in [-0.4, -0.2) is 42.1 Å². The molecule has 1 aromatic rings. The molecule has 0 saturated carbocycles. The fraction of sp³-hybridized carbons (Fsp3) is 0.429. The number of hydrogen-bond donors (Lipinski definition) is 2. The van der Waals surface area contributed by atoms with Gasteiger partial charge in [-0.3, -0.25) is 4.79 Å². The second-order valence-corrected chi connectivity index (χ2v) is 4.53. The van der Waals surface area contributed by atoms with E-state index in [4.69, 9.17) is 5.11 Å². The van der Waals surface area contributed by atoms with Gasteiger partial charge in [0, 0.05) is 26.6 Å². The number of aliphatic carboxylic acids is 1. The molecule has 20 heavy (non-hydrogen) atoms. The van der Waals surface area contributed by atoms with Gasteiger partial charge in [-0.25, -0.2) is 9.18 Å². The average Bonchev–Trinajstić information content (AvgIpc) is 2.38. The summed E-state index contributed by atoms with van der Waals surface area (Å²) in [6.07, 6.45) is 1.01. The Balaban J connectivity index is 2.23. The molecule has 0 aliphatic heterocycles. The summed E-state index contributed by atoms with van der Waals surface area (Å²) in [5.74, 6) is -1.16. The number of rotatable bonds is 7. The minimum Gasteiger partial charge on any atom is -0.481 e. The molecule has 0 heterocycles. The van der Waals surface area contributed by atoms with Crippen LogP contribution < -0.4 is 5.32 Å². The summed E-state index contributed by atoms with van der Waals surface area (Å²) in [5, 5.41) is 11.2. The van der Waals surface area contributed by atoms with Crippen molar-refractivity contribution in [2.75, 3.05) is 20.1 Å². The standard InChI is InChI=1S/C14H19FN2O3/c1-17(9-3-6-13(18)19)14(20)16-8-7-11-4-2-5-12(15)10-11/h2,4-5,10H,3,6-9H2,1H3,(H,16,20)(H,18,19). The van der Waals surface area contributed by atoms with Crippen LogP contribution in [0.1, 0.15) is 18.4 Å². The predicted octanol–water partition coefficient (Wildman–Crippen LogP) is 1.87. The summed E-state index contributed by atoms with van der Waals surface area (Å²) in [6, 6.07) is 5.98. The highest BCUT2D eigenvalue weighted by atomic mass is 19.1. The zero-order valence-electron chi connectivity index (χ0n) is 11.4. The third-order valence-corrected chi connectivity index (χ3v) is 2.81. The van der Waals surface area contributed by atoms with Gasteiger partial charge >= 0.3 is 12.0 Å². The molecule has 0 aliphatic rings. The Morgan fingerprint density at radius 1 is 1.40 bits per heavy atom. The molecule has 0 radical (unpaired) electrons. The fourth-order valence-electron chi connectivity index (χ4n) is 1.71. The van der Waals surface area contributed by atoms with Gasteiger partial charge in [0.2, 0.25) is 0 Å². The highest BCUT2D eigenvalue weighted by Crippen LogP contribution is 2.03. The Labute approximate surface area is 117 Å². The summed E-state index contributed by atoms with van der Waals surface area (Å²) < 4.78 is 12.9. The minimum atomic E-state index is -0.870. The number of carboxylic acid groups (broad SMARTS) is 1. The molecule has 1 aromatic carbocycles. The summed E-state index contributed by atoms with van der Waals surface area (Å²) in [6.45, 7) is 0.795. The topological polar surface area (TPSA) is 69.6 Å². The number of carboxylic acids is 1. The summed E-state index contributed by atoms with van der Waals surface area (Å²) in [4.78, 5) is 23.5. The first-order chi connectivity index (χ1) is 9.49. The Kier molecular flexibility index (Phi) is 6.49. The molecule has 0 spiro atoms. The molecule has 0 atom stereocenters. The largest absolute Gasteiger partial charge is 0.481 e. The monoisotopic (exact) mass is 282 g/mol. The van der Waals surface area contributed by atoms with Crippen LogP contribution in [0.4, 0.5) is 9.18 Å². The number of urea groups is 1. The lowest BCUT2D eigenvalue weighted by molar-refractivity contribution is -0.137. The molecule has 1 rings (SSSR count). The molecular formula is C14H19FN2O3. The third-order valence-electron chi connectivity index (χ3n) is 2.81. The van der Waals surface area contributed by atoms with Crippen molar-refractivity contribution in [3.05, 3.63) is 35.6 Å². The number of nitrogens with one attached hydrogen (secondary N) is 1. The zero-order chi connectivity index (χ0) is 15.0. The summed E-state index contributed by atoms with van der Waals surface area (Å²) >= 11 is 0. The van der Waals surface area contributed by atoms with Crippen LogP contribution >= 0.6 is 0 Å². The number of halogens is 1. The highest BCUT2D eigenvalue weighted by Gasteiger charge is 2.08. The van der Waals surface area contributed by atoms with Crippen molar-refractivity contribution < 1.29 is 19.1 Å². The van der Waals surface area contributed by atoms with Crippen LogP contribution in [0.3, 0.4) is 0 Å². The highest BCUT2D eigenvalue weighted by molar-refractivity contribution is 5.73. The quantitative estimate of drug-likeness (QED) is 0.802. The van der Waals surface area contributed by atoms with Gasteiger partial charge in [0.25, 0.3) is 0 Å². The number of benzene rings is 1. The molecule has 2 N–H and O–H groups in total. The predicted molar refractivity (Wildman–Crippen MR) is 73.0 cm³/mol. The van der Waals surface area contributed by atoms with E-state index >= 15 is 0 Å². The van der Waals surface area contributed by atoms with Gasteiger partial charge in [0.1, 0.15) is 5.82 Å². The average molecular weight is 282 g/mol. The lowest BCUT2D eigenvalue weighted by Gasteiger charge is -2.17. The maximum absolute atomic E-state index is 12.9. The van der Waals surface area contributed by atoms with Gasteiger partial charge in [-0.05, 0) is 30.5 Å². The molecule has 0 saturated heterocycles. The lowest BCUT2D eigenvalue weighted by atomic mass is 10.1. The Bertz CT molecular complexity index is 465. The fourth-order valence-corrected chi connectivity index (χ4v) is 1.71. The maximum Gasteiger partial charge on any atom is 0.317 e. The van der Waals surface area contributed by atoms with Gasteiger partial charge in [0.15, 0.2) is 0 Å². The minimum absolute atomic E-state index is 0.0426. The van der Waals surface area contributed by atoms with E-state index in [-0.39, 0.29) is 18.3 Å². The molecule has 0 unspecified atom stereocenters. The van der Waals surface area contributed by atoms with E-state index in [1.807, 2.05) is 0 Å². The van der Waals surface area contributed by atoms with Crippen molar-refractivity contribution in [3.63, 3.8) is 0 Å². The normalized spacial score (nSPS) is 10.1. The van der Waals surface area contributed by atoms with Crippen LogP contribution in [-0.2, 0) is 11.2 Å². The van der Waals surface area contributed by atoms with E-state index in [1.54, 1.807) is 19.2 Å². The van der Waals surface area contributed by atoms with E-state index in [0.717, 1.165) is 5.56 Å². The summed E-state index contributed by atoms with van der Waals surface area (Å²) in [5.41, 5.74) is 0.818. The lowest BCUT2D eigenvalue weighted by Crippen LogP contribution is -2.38. The number of hydrogen-bond acceptors (Lipinski definition) is 2. The van der Waals surface area contributed by atoms with Gasteiger partial charge in [-0.2, -0.15) is 0 Å². The zero-order valence-corrected chi connectivity index (χ0v) is 11.4. The first-order valence-corrected chi connectivity index (χ1v) is 6.44. The van der Waals surface area contributed by atoms with Crippen LogP contribution in [0.5, 0.6) is 0 Å².